The van der Waals surface area contributed by atoms with Crippen molar-refractivity contribution in [2.24, 2.45) is 10.9 Å². The summed E-state index contributed by atoms with van der Waals surface area (Å²) in [7, 11) is -3.67. The minimum absolute atomic E-state index is 0.138. The number of hydrogen-bond acceptors (Lipinski definition) is 6. The van der Waals surface area contributed by atoms with Crippen molar-refractivity contribution in [1.82, 2.24) is 9.88 Å². The number of carbonyl (C=O) groups is 2. The van der Waals surface area contributed by atoms with Crippen molar-refractivity contribution < 1.29 is 22.6 Å². The molecule has 0 atom stereocenters. The highest BCUT2D eigenvalue weighted by Crippen LogP contribution is 2.30. The number of rotatable bonds is 2. The van der Waals surface area contributed by atoms with Crippen molar-refractivity contribution in [3.8, 4) is 0 Å². The zero-order valence-electron chi connectivity index (χ0n) is 15.1. The minimum atomic E-state index is -3.67. The first-order chi connectivity index (χ1) is 12.6. The van der Waals surface area contributed by atoms with Gasteiger partial charge in [-0.2, -0.15) is 13.5 Å². The van der Waals surface area contributed by atoms with Crippen LogP contribution in [-0.2, 0) is 16.7 Å². The molecule has 0 bridgehead atoms. The number of nitrogens with one attached hydrogen (secondary N) is 1. The average Bonchev–Trinajstić information content (AvgIpc) is 2.94. The molecule has 0 unspecified atom stereocenters. The molecule has 2 aromatic rings. The van der Waals surface area contributed by atoms with Gasteiger partial charge in [0.1, 0.15) is 12.0 Å². The van der Waals surface area contributed by atoms with Crippen LogP contribution in [0.15, 0.2) is 23.3 Å². The fraction of sp³-hybridized carbons (Fsp3) is 0.353. The van der Waals surface area contributed by atoms with E-state index in [1.807, 2.05) is 29.7 Å². The van der Waals surface area contributed by atoms with Crippen LogP contribution in [0, 0.1) is 6.92 Å². The van der Waals surface area contributed by atoms with Crippen LogP contribution in [0.25, 0.3) is 10.9 Å². The van der Waals surface area contributed by atoms with E-state index in [0.29, 0.717) is 23.9 Å². The number of hydrazone groups is 1. The lowest BCUT2D eigenvalue weighted by molar-refractivity contribution is 0.0958. The van der Waals surface area contributed by atoms with E-state index in [9.17, 15) is 18.0 Å². The van der Waals surface area contributed by atoms with Gasteiger partial charge in [-0.25, -0.2) is 0 Å². The van der Waals surface area contributed by atoms with E-state index in [1.54, 1.807) is 0 Å². The molecular formula is C17H22N4O5S. The van der Waals surface area contributed by atoms with E-state index in [-0.39, 0.29) is 11.7 Å². The number of nitrogens with zero attached hydrogens (tertiary/aromatic N) is 2. The first-order valence-electron chi connectivity index (χ1n) is 8.24. The number of aryl methyl sites for hydroxylation is 2. The first kappa shape index (κ1) is 20.6. The summed E-state index contributed by atoms with van der Waals surface area (Å²) in [5.74, 6) is 4.89. The Bertz CT molecular complexity index is 1000. The van der Waals surface area contributed by atoms with E-state index in [1.165, 1.54) is 0 Å². The minimum Gasteiger partial charge on any atom is -0.336 e. The van der Waals surface area contributed by atoms with Crippen LogP contribution in [0.4, 0.5) is 0 Å². The van der Waals surface area contributed by atoms with Crippen LogP contribution in [0.5, 0.6) is 0 Å². The van der Waals surface area contributed by atoms with E-state index in [2.05, 4.69) is 10.4 Å². The Kier molecular flexibility index (Phi) is 6.34. The molecule has 1 aromatic heterocycles. The lowest BCUT2D eigenvalue weighted by Gasteiger charge is -2.15. The topological polar surface area (TPSA) is 144 Å². The van der Waals surface area contributed by atoms with Gasteiger partial charge in [0.2, 0.25) is 0 Å². The summed E-state index contributed by atoms with van der Waals surface area (Å²) in [6.45, 7) is 2.70. The summed E-state index contributed by atoms with van der Waals surface area (Å²) >= 11 is 0. The average molecular weight is 394 g/mol. The third-order valence-electron chi connectivity index (χ3n) is 4.12. The van der Waals surface area contributed by atoms with E-state index < -0.39 is 10.1 Å². The predicted octanol–water partition coefficient (Wildman–Crippen LogP) is 1.45. The van der Waals surface area contributed by atoms with Gasteiger partial charge in [0.05, 0.1) is 11.8 Å². The fourth-order valence-electron chi connectivity index (χ4n) is 3.02. The largest absolute Gasteiger partial charge is 0.336 e. The molecule has 1 aliphatic heterocycles. The van der Waals surface area contributed by atoms with Gasteiger partial charge in [0.15, 0.2) is 5.78 Å². The molecule has 146 valence electrons. The molecule has 0 fully saturated rings. The maximum atomic E-state index is 12.4. The molecule has 0 spiro atoms. The van der Waals surface area contributed by atoms with E-state index in [4.69, 9.17) is 10.4 Å². The molecule has 0 saturated carbocycles. The second-order valence-corrected chi connectivity index (χ2v) is 7.70. The van der Waals surface area contributed by atoms with Gasteiger partial charge in [0, 0.05) is 23.9 Å². The molecule has 3 rings (SSSR count). The molecule has 0 aliphatic carbocycles. The second-order valence-electron chi connectivity index (χ2n) is 6.24. The van der Waals surface area contributed by atoms with Crippen molar-refractivity contribution >= 4 is 39.1 Å². The normalized spacial score (nSPS) is 14.4. The van der Waals surface area contributed by atoms with Crippen LogP contribution in [0.1, 0.15) is 45.7 Å². The highest BCUT2D eigenvalue weighted by atomic mass is 32.2. The third-order valence-corrected chi connectivity index (χ3v) is 4.12. The molecule has 1 amide bonds. The monoisotopic (exact) mass is 394 g/mol. The zero-order valence-corrected chi connectivity index (χ0v) is 15.9. The smallest absolute Gasteiger partial charge is 0.273 e. The highest BCUT2D eigenvalue weighted by molar-refractivity contribution is 7.85. The van der Waals surface area contributed by atoms with Gasteiger partial charge in [-0.15, -0.1) is 0 Å². The van der Waals surface area contributed by atoms with Crippen LogP contribution < -0.4 is 11.2 Å². The number of benzene rings is 1. The van der Waals surface area contributed by atoms with Crippen LogP contribution >= 0.6 is 0 Å². The van der Waals surface area contributed by atoms with Gasteiger partial charge in [-0.1, -0.05) is 6.07 Å². The summed E-state index contributed by atoms with van der Waals surface area (Å²) in [6, 6.07) is 5.64. The van der Waals surface area contributed by atoms with Gasteiger partial charge < -0.3 is 15.7 Å². The number of nitrogens with two attached hydrogens (primary N) is 1. The summed E-state index contributed by atoms with van der Waals surface area (Å²) < 4.78 is 27.8. The molecular weight excluding hydrogens is 372 g/mol. The fourth-order valence-corrected chi connectivity index (χ4v) is 3.02. The van der Waals surface area contributed by atoms with Gasteiger partial charge in [0.25, 0.3) is 16.0 Å². The SMILES string of the molecule is CS(=O)(=O)O.Cc1ccc2c3c1cc(C(=O)NC=NN)n3CCCCC2=O. The maximum Gasteiger partial charge on any atom is 0.273 e. The Morgan fingerprint density at radius 3 is 2.67 bits per heavy atom. The quantitative estimate of drug-likeness (QED) is 0.231. The van der Waals surface area contributed by atoms with Crippen molar-refractivity contribution in [3.05, 3.63) is 35.0 Å². The summed E-state index contributed by atoms with van der Waals surface area (Å²) in [6.07, 6.45) is 4.14. The van der Waals surface area contributed by atoms with Gasteiger partial charge in [-0.3, -0.25) is 14.1 Å². The van der Waals surface area contributed by atoms with Gasteiger partial charge in [-0.05, 0) is 37.5 Å². The Morgan fingerprint density at radius 1 is 1.37 bits per heavy atom. The molecule has 2 heterocycles. The summed E-state index contributed by atoms with van der Waals surface area (Å²) in [5, 5.41) is 6.76. The lowest BCUT2D eigenvalue weighted by Crippen LogP contribution is -2.25. The molecule has 1 aromatic carbocycles. The number of aromatic nitrogens is 1. The predicted molar refractivity (Wildman–Crippen MR) is 102 cm³/mol. The standard InChI is InChI=1S/C16H18N4O2.CH4O3S/c1-10-5-6-11-14(21)4-2-3-7-20-13(8-12(10)15(11)20)16(22)18-9-19-17;1-5(2,3)4/h5-6,8-9H,2-4,7,17H2,1H3,(H,18,19,22);1H3,(H,2,3,4). The molecule has 27 heavy (non-hydrogen) atoms. The molecule has 10 heteroatoms. The molecule has 0 radical (unpaired) electrons. The zero-order chi connectivity index (χ0) is 20.2. The Morgan fingerprint density at radius 2 is 2.04 bits per heavy atom. The second kappa shape index (κ2) is 8.31. The molecule has 9 nitrogen and oxygen atoms in total. The number of hydrogen-bond donors (Lipinski definition) is 3. The van der Waals surface area contributed by atoms with Crippen molar-refractivity contribution in [2.75, 3.05) is 6.26 Å². The Hall–Kier alpha value is -2.72. The summed E-state index contributed by atoms with van der Waals surface area (Å²) in [5.41, 5.74) is 3.14. The Labute approximate surface area is 157 Å². The van der Waals surface area contributed by atoms with Crippen molar-refractivity contribution in [2.45, 2.75) is 32.7 Å². The maximum absolute atomic E-state index is 12.4. The molecule has 0 saturated heterocycles. The van der Waals surface area contributed by atoms with Crippen LogP contribution in [0.3, 0.4) is 0 Å². The number of amides is 1. The van der Waals surface area contributed by atoms with E-state index >= 15 is 0 Å². The van der Waals surface area contributed by atoms with Crippen LogP contribution in [0.2, 0.25) is 0 Å². The first-order valence-corrected chi connectivity index (χ1v) is 10.1. The third kappa shape index (κ3) is 5.14. The number of Topliss-reactive ketones (excluding diaryl/α,β-unsaturated/α-hetero) is 1. The lowest BCUT2D eigenvalue weighted by atomic mass is 9.99. The summed E-state index contributed by atoms with van der Waals surface area (Å²) in [4.78, 5) is 24.7. The van der Waals surface area contributed by atoms with Crippen molar-refractivity contribution in [1.29, 1.82) is 0 Å². The molecule has 4 N–H and O–H groups in total. The van der Waals surface area contributed by atoms with E-state index in [0.717, 1.165) is 42.2 Å². The molecule has 1 aliphatic rings. The van der Waals surface area contributed by atoms with Crippen LogP contribution in [-0.4, -0.2) is 41.8 Å². The number of carbonyl (C=O) groups excluding carboxylic acids is 2. The van der Waals surface area contributed by atoms with Gasteiger partial charge >= 0.3 is 0 Å². The highest BCUT2D eigenvalue weighted by Gasteiger charge is 2.22. The van der Waals surface area contributed by atoms with Crippen molar-refractivity contribution in [3.63, 3.8) is 0 Å². The number of ketones is 1. The Balaban J connectivity index is 0.000000465.